The van der Waals surface area contributed by atoms with Gasteiger partial charge in [-0.2, -0.15) is 5.26 Å². The second kappa shape index (κ2) is 9.00. The van der Waals surface area contributed by atoms with Gasteiger partial charge in [0.2, 0.25) is 0 Å². The molecule has 0 saturated heterocycles. The maximum atomic E-state index is 12.5. The van der Waals surface area contributed by atoms with E-state index >= 15 is 0 Å². The summed E-state index contributed by atoms with van der Waals surface area (Å²) in [6.45, 7) is 0. The van der Waals surface area contributed by atoms with Gasteiger partial charge < -0.3 is 9.47 Å². The molecule has 0 N–H and O–H groups in total. The molecule has 0 bridgehead atoms. The van der Waals surface area contributed by atoms with Gasteiger partial charge in [0.1, 0.15) is 11.1 Å². The van der Waals surface area contributed by atoms with E-state index in [1.54, 1.807) is 48.5 Å². The van der Waals surface area contributed by atoms with Gasteiger partial charge >= 0.3 is 5.97 Å². The molecular formula is C24H15ClN2O3S. The molecule has 0 unspecified atom stereocenters. The number of carbonyl (C=O) groups excluding carboxylic acids is 1. The number of ether oxygens (including phenoxy) is 2. The van der Waals surface area contributed by atoms with Crippen molar-refractivity contribution in [2.45, 2.75) is 0 Å². The molecule has 1 heterocycles. The lowest BCUT2D eigenvalue weighted by Gasteiger charge is -2.10. The molecule has 4 aromatic rings. The Morgan fingerprint density at radius 2 is 1.87 bits per heavy atom. The number of methoxy groups -OCH3 is 1. The Labute approximate surface area is 187 Å². The molecular weight excluding hydrogens is 432 g/mol. The second-order valence-corrected chi connectivity index (χ2v) is 7.87. The summed E-state index contributed by atoms with van der Waals surface area (Å²) in [5, 5.41) is 10.6. The number of halogens is 1. The number of hydrogen-bond acceptors (Lipinski definition) is 6. The Morgan fingerprint density at radius 1 is 1.10 bits per heavy atom. The fraction of sp³-hybridized carbons (Fsp3) is 0.0417. The number of thiazole rings is 1. The number of aromatic nitrogens is 1. The SMILES string of the molecule is COc1cc(/C=C(\C#N)c2nc3ccccc3s2)ccc1OC(=O)c1ccccc1Cl. The van der Waals surface area contributed by atoms with Gasteiger partial charge in [-0.1, -0.05) is 41.9 Å². The van der Waals surface area contributed by atoms with Crippen molar-refractivity contribution in [3.8, 4) is 17.6 Å². The van der Waals surface area contributed by atoms with E-state index in [2.05, 4.69) is 11.1 Å². The summed E-state index contributed by atoms with van der Waals surface area (Å²) in [6.07, 6.45) is 1.72. The van der Waals surface area contributed by atoms with Crippen LogP contribution in [0.15, 0.2) is 66.7 Å². The molecule has 0 saturated carbocycles. The first kappa shape index (κ1) is 20.6. The number of para-hydroxylation sites is 1. The number of carbonyl (C=O) groups is 1. The largest absolute Gasteiger partial charge is 0.493 e. The molecule has 0 radical (unpaired) electrons. The average molecular weight is 447 g/mol. The van der Waals surface area contributed by atoms with E-state index in [4.69, 9.17) is 21.1 Å². The topological polar surface area (TPSA) is 72.2 Å². The molecule has 31 heavy (non-hydrogen) atoms. The lowest BCUT2D eigenvalue weighted by atomic mass is 10.1. The van der Waals surface area contributed by atoms with Gasteiger partial charge in [-0.05, 0) is 48.0 Å². The fourth-order valence-electron chi connectivity index (χ4n) is 2.94. The smallest absolute Gasteiger partial charge is 0.345 e. The molecule has 0 fully saturated rings. The van der Waals surface area contributed by atoms with Gasteiger partial charge in [-0.15, -0.1) is 11.3 Å². The van der Waals surface area contributed by atoms with Crippen LogP contribution < -0.4 is 9.47 Å². The van der Waals surface area contributed by atoms with Gasteiger partial charge in [-0.3, -0.25) is 0 Å². The third kappa shape index (κ3) is 4.43. The highest BCUT2D eigenvalue weighted by atomic mass is 35.5. The Hall–Kier alpha value is -3.66. The van der Waals surface area contributed by atoms with Crippen LogP contribution in [0.25, 0.3) is 21.9 Å². The van der Waals surface area contributed by atoms with E-state index in [0.29, 0.717) is 26.9 Å². The summed E-state index contributed by atoms with van der Waals surface area (Å²) >= 11 is 7.52. The lowest BCUT2D eigenvalue weighted by Crippen LogP contribution is -2.09. The van der Waals surface area contributed by atoms with Crippen molar-refractivity contribution in [2.24, 2.45) is 0 Å². The van der Waals surface area contributed by atoms with E-state index in [9.17, 15) is 10.1 Å². The standard InChI is InChI=1S/C24H15ClN2O3S/c1-29-21-13-15(10-11-20(21)30-24(28)17-6-2-3-7-18(17)25)12-16(14-26)23-27-19-8-4-5-9-22(19)31-23/h2-13H,1H3/b16-12+. The maximum Gasteiger partial charge on any atom is 0.345 e. The lowest BCUT2D eigenvalue weighted by molar-refractivity contribution is 0.0730. The van der Waals surface area contributed by atoms with Crippen molar-refractivity contribution < 1.29 is 14.3 Å². The third-order valence-electron chi connectivity index (χ3n) is 4.44. The highest BCUT2D eigenvalue weighted by Crippen LogP contribution is 2.32. The molecule has 5 nitrogen and oxygen atoms in total. The Kier molecular flexibility index (Phi) is 5.99. The van der Waals surface area contributed by atoms with E-state index in [0.717, 1.165) is 10.2 Å². The monoisotopic (exact) mass is 446 g/mol. The number of fused-ring (bicyclic) bond motifs is 1. The van der Waals surface area contributed by atoms with Crippen molar-refractivity contribution in [1.82, 2.24) is 4.98 Å². The Morgan fingerprint density at radius 3 is 2.61 bits per heavy atom. The summed E-state index contributed by atoms with van der Waals surface area (Å²) in [5.41, 5.74) is 2.26. The summed E-state index contributed by atoms with van der Waals surface area (Å²) in [4.78, 5) is 17.0. The van der Waals surface area contributed by atoms with Gasteiger partial charge in [-0.25, -0.2) is 9.78 Å². The van der Waals surface area contributed by atoms with Crippen LogP contribution in [0.1, 0.15) is 20.9 Å². The summed E-state index contributed by atoms with van der Waals surface area (Å²) in [5.74, 6) is 0.0261. The second-order valence-electron chi connectivity index (χ2n) is 6.44. The first-order valence-electron chi connectivity index (χ1n) is 9.21. The molecule has 4 rings (SSSR count). The average Bonchev–Trinajstić information content (AvgIpc) is 3.22. The van der Waals surface area contributed by atoms with Crippen LogP contribution in [0.3, 0.4) is 0 Å². The Bertz CT molecular complexity index is 1320. The number of benzene rings is 3. The highest BCUT2D eigenvalue weighted by molar-refractivity contribution is 7.19. The summed E-state index contributed by atoms with van der Waals surface area (Å²) in [6, 6.07) is 21.6. The minimum Gasteiger partial charge on any atom is -0.493 e. The number of esters is 1. The zero-order valence-corrected chi connectivity index (χ0v) is 17.9. The van der Waals surface area contributed by atoms with Gasteiger partial charge in [0, 0.05) is 0 Å². The highest BCUT2D eigenvalue weighted by Gasteiger charge is 2.16. The molecule has 0 aliphatic heterocycles. The first-order valence-corrected chi connectivity index (χ1v) is 10.4. The van der Waals surface area contributed by atoms with E-state index in [1.165, 1.54) is 18.4 Å². The number of nitrogens with zero attached hydrogens (tertiary/aromatic N) is 2. The minimum absolute atomic E-state index is 0.253. The number of rotatable bonds is 5. The van der Waals surface area contributed by atoms with Crippen LogP contribution in [-0.4, -0.2) is 18.1 Å². The molecule has 0 aliphatic rings. The first-order chi connectivity index (χ1) is 15.1. The van der Waals surface area contributed by atoms with Crippen molar-refractivity contribution in [3.05, 3.63) is 87.9 Å². The van der Waals surface area contributed by atoms with E-state index < -0.39 is 5.97 Å². The molecule has 0 atom stereocenters. The van der Waals surface area contributed by atoms with Gasteiger partial charge in [0.25, 0.3) is 0 Å². The molecule has 3 aromatic carbocycles. The predicted octanol–water partition coefficient (Wildman–Crippen LogP) is 6.24. The zero-order chi connectivity index (χ0) is 21.8. The third-order valence-corrected chi connectivity index (χ3v) is 5.84. The molecule has 0 aliphatic carbocycles. The molecule has 0 amide bonds. The van der Waals surface area contributed by atoms with Gasteiger partial charge in [0.05, 0.1) is 33.5 Å². The van der Waals surface area contributed by atoms with Crippen molar-refractivity contribution in [3.63, 3.8) is 0 Å². The fourth-order valence-corrected chi connectivity index (χ4v) is 4.08. The van der Waals surface area contributed by atoms with Crippen LogP contribution in [0.5, 0.6) is 11.5 Å². The molecule has 0 spiro atoms. The van der Waals surface area contributed by atoms with Crippen LogP contribution in [0.4, 0.5) is 0 Å². The molecule has 7 heteroatoms. The van der Waals surface area contributed by atoms with Crippen molar-refractivity contribution >= 4 is 50.8 Å². The van der Waals surface area contributed by atoms with Crippen molar-refractivity contribution in [2.75, 3.05) is 7.11 Å². The number of allylic oxidation sites excluding steroid dienone is 1. The summed E-state index contributed by atoms with van der Waals surface area (Å²) < 4.78 is 11.9. The van der Waals surface area contributed by atoms with Gasteiger partial charge in [0.15, 0.2) is 11.5 Å². The number of hydrogen-bond donors (Lipinski definition) is 0. The minimum atomic E-state index is -0.584. The van der Waals surface area contributed by atoms with Crippen LogP contribution in [-0.2, 0) is 0 Å². The van der Waals surface area contributed by atoms with E-state index in [1.807, 2.05) is 24.3 Å². The predicted molar refractivity (Wildman–Crippen MR) is 123 cm³/mol. The van der Waals surface area contributed by atoms with Crippen LogP contribution in [0.2, 0.25) is 5.02 Å². The Balaban J connectivity index is 1.63. The quantitative estimate of drug-likeness (QED) is 0.206. The van der Waals surface area contributed by atoms with Crippen LogP contribution >= 0.6 is 22.9 Å². The van der Waals surface area contributed by atoms with Crippen LogP contribution in [0, 0.1) is 11.3 Å². The zero-order valence-electron chi connectivity index (χ0n) is 16.3. The molecule has 1 aromatic heterocycles. The maximum absolute atomic E-state index is 12.5. The number of nitriles is 1. The normalized spacial score (nSPS) is 11.2. The van der Waals surface area contributed by atoms with Crippen molar-refractivity contribution in [1.29, 1.82) is 5.26 Å². The summed E-state index contributed by atoms with van der Waals surface area (Å²) in [7, 11) is 1.48. The molecule has 152 valence electrons. The van der Waals surface area contributed by atoms with E-state index in [-0.39, 0.29) is 11.3 Å².